The second-order valence-electron chi connectivity index (χ2n) is 4.57. The molecule has 0 spiro atoms. The molecule has 8 heteroatoms. The van der Waals surface area contributed by atoms with E-state index in [4.69, 9.17) is 18.0 Å². The normalized spacial score (nSPS) is 11.5. The predicted molar refractivity (Wildman–Crippen MR) is 84.5 cm³/mol. The summed E-state index contributed by atoms with van der Waals surface area (Å²) in [5.74, 6) is 0. The van der Waals surface area contributed by atoms with Crippen LogP contribution in [-0.4, -0.2) is 29.9 Å². The van der Waals surface area contributed by atoms with Crippen molar-refractivity contribution in [3.05, 3.63) is 47.5 Å². The Labute approximate surface area is 128 Å². The number of hydrogen-bond acceptors (Lipinski definition) is 4. The average Bonchev–Trinajstić information content (AvgIpc) is 2.91. The maximum Gasteiger partial charge on any atom is 0.240 e. The first-order valence-corrected chi connectivity index (χ1v) is 8.16. The van der Waals surface area contributed by atoms with E-state index in [0.29, 0.717) is 18.5 Å². The Hall–Kier alpha value is -1.77. The van der Waals surface area contributed by atoms with Gasteiger partial charge in [-0.2, -0.15) is 0 Å². The highest BCUT2D eigenvalue weighted by atomic mass is 32.2. The standard InChI is InChI=1S/C13H16N4O2S2/c1-9-6-11(2-3-12(9)13(14)20)21(18,19)17-5-4-10-7-15-8-16-10/h2-3,6-8,17H,4-5H2,1H3,(H2,14,20)(H,15,16). The van der Waals surface area contributed by atoms with E-state index in [-0.39, 0.29) is 9.88 Å². The lowest BCUT2D eigenvalue weighted by Gasteiger charge is -2.09. The van der Waals surface area contributed by atoms with Gasteiger partial charge in [-0.05, 0) is 24.6 Å². The molecule has 0 bridgehead atoms. The van der Waals surface area contributed by atoms with E-state index < -0.39 is 10.0 Å². The van der Waals surface area contributed by atoms with Gasteiger partial charge in [0, 0.05) is 30.4 Å². The topological polar surface area (TPSA) is 101 Å². The lowest BCUT2D eigenvalue weighted by atomic mass is 10.1. The summed E-state index contributed by atoms with van der Waals surface area (Å²) in [6.45, 7) is 2.07. The molecule has 4 N–H and O–H groups in total. The summed E-state index contributed by atoms with van der Waals surface area (Å²) < 4.78 is 26.9. The minimum absolute atomic E-state index is 0.199. The van der Waals surface area contributed by atoms with E-state index >= 15 is 0 Å². The Kier molecular flexibility index (Phi) is 4.71. The number of nitrogens with one attached hydrogen (secondary N) is 2. The maximum absolute atomic E-state index is 12.2. The summed E-state index contributed by atoms with van der Waals surface area (Å²) in [5.41, 5.74) is 7.85. The van der Waals surface area contributed by atoms with Gasteiger partial charge >= 0.3 is 0 Å². The molecule has 1 aromatic heterocycles. The first kappa shape index (κ1) is 15.6. The van der Waals surface area contributed by atoms with Crippen LogP contribution >= 0.6 is 12.2 Å². The van der Waals surface area contributed by atoms with Crippen LogP contribution in [0.5, 0.6) is 0 Å². The van der Waals surface area contributed by atoms with Gasteiger partial charge in [-0.3, -0.25) is 0 Å². The smallest absolute Gasteiger partial charge is 0.240 e. The molecule has 0 radical (unpaired) electrons. The van der Waals surface area contributed by atoms with Gasteiger partial charge < -0.3 is 10.7 Å². The third kappa shape index (κ3) is 3.87. The summed E-state index contributed by atoms with van der Waals surface area (Å²) in [5, 5.41) is 0. The van der Waals surface area contributed by atoms with Gasteiger partial charge in [-0.25, -0.2) is 18.1 Å². The lowest BCUT2D eigenvalue weighted by molar-refractivity contribution is 0.581. The fraction of sp³-hybridized carbons (Fsp3) is 0.231. The lowest BCUT2D eigenvalue weighted by Crippen LogP contribution is -2.26. The van der Waals surface area contributed by atoms with Crippen molar-refractivity contribution in [3.63, 3.8) is 0 Å². The number of nitrogens with two attached hydrogens (primary N) is 1. The highest BCUT2D eigenvalue weighted by Crippen LogP contribution is 2.15. The largest absolute Gasteiger partial charge is 0.389 e. The molecule has 0 aliphatic carbocycles. The molecule has 0 saturated carbocycles. The minimum atomic E-state index is -3.55. The molecule has 6 nitrogen and oxygen atoms in total. The number of H-pyrrole nitrogens is 1. The number of aromatic amines is 1. The number of aromatic nitrogens is 2. The van der Waals surface area contributed by atoms with Gasteiger partial charge in [-0.1, -0.05) is 18.3 Å². The van der Waals surface area contributed by atoms with Gasteiger partial charge in [0.15, 0.2) is 0 Å². The van der Waals surface area contributed by atoms with Crippen molar-refractivity contribution in [3.8, 4) is 0 Å². The molecule has 112 valence electrons. The van der Waals surface area contributed by atoms with Crippen LogP contribution in [-0.2, 0) is 16.4 Å². The fourth-order valence-corrected chi connectivity index (χ4v) is 3.25. The number of sulfonamides is 1. The summed E-state index contributed by atoms with van der Waals surface area (Å²) in [6, 6.07) is 4.69. The summed E-state index contributed by atoms with van der Waals surface area (Å²) in [7, 11) is -3.55. The first-order valence-electron chi connectivity index (χ1n) is 6.27. The van der Waals surface area contributed by atoms with Crippen molar-refractivity contribution in [2.24, 2.45) is 5.73 Å². The Bertz CT molecular complexity index is 740. The van der Waals surface area contributed by atoms with Gasteiger partial charge in [0.05, 0.1) is 11.2 Å². The first-order chi connectivity index (χ1) is 9.90. The molecule has 0 aliphatic heterocycles. The SMILES string of the molecule is Cc1cc(S(=O)(=O)NCCc2cnc[nH]2)ccc1C(N)=S. The zero-order valence-corrected chi connectivity index (χ0v) is 13.1. The van der Waals surface area contributed by atoms with Crippen molar-refractivity contribution >= 4 is 27.2 Å². The van der Waals surface area contributed by atoms with E-state index in [1.165, 1.54) is 6.07 Å². The number of thiocarbonyl (C=S) groups is 1. The maximum atomic E-state index is 12.2. The molecule has 0 saturated heterocycles. The molecule has 2 aromatic rings. The quantitative estimate of drug-likeness (QED) is 0.685. The van der Waals surface area contributed by atoms with Crippen molar-refractivity contribution in [1.82, 2.24) is 14.7 Å². The van der Waals surface area contributed by atoms with Crippen LogP contribution in [0.2, 0.25) is 0 Å². The average molecular weight is 324 g/mol. The fourth-order valence-electron chi connectivity index (χ4n) is 1.90. The zero-order chi connectivity index (χ0) is 15.5. The van der Waals surface area contributed by atoms with Gasteiger partial charge in [0.25, 0.3) is 0 Å². The van der Waals surface area contributed by atoms with Crippen LogP contribution in [0.25, 0.3) is 0 Å². The van der Waals surface area contributed by atoms with Crippen molar-refractivity contribution in [1.29, 1.82) is 0 Å². The number of nitrogens with zero attached hydrogens (tertiary/aromatic N) is 1. The molecule has 0 fully saturated rings. The third-order valence-corrected chi connectivity index (χ3v) is 4.69. The molecular formula is C13H16N4O2S2. The van der Waals surface area contributed by atoms with Crippen LogP contribution in [0, 0.1) is 6.92 Å². The molecule has 0 atom stereocenters. The monoisotopic (exact) mass is 324 g/mol. The Morgan fingerprint density at radius 2 is 2.24 bits per heavy atom. The molecule has 1 heterocycles. The molecule has 0 unspecified atom stereocenters. The van der Waals surface area contributed by atoms with Crippen molar-refractivity contribution in [2.75, 3.05) is 6.54 Å². The number of imidazole rings is 1. The predicted octanol–water partition coefficient (Wildman–Crippen LogP) is 0.873. The van der Waals surface area contributed by atoms with Gasteiger partial charge in [0.2, 0.25) is 10.0 Å². The van der Waals surface area contributed by atoms with Crippen LogP contribution in [0.15, 0.2) is 35.6 Å². The molecule has 21 heavy (non-hydrogen) atoms. The summed E-state index contributed by atoms with van der Waals surface area (Å²) in [6.07, 6.45) is 3.76. The van der Waals surface area contributed by atoms with Crippen LogP contribution < -0.4 is 10.5 Å². The Balaban J connectivity index is 2.08. The summed E-state index contributed by atoms with van der Waals surface area (Å²) in [4.78, 5) is 7.25. The van der Waals surface area contributed by atoms with E-state index in [2.05, 4.69) is 14.7 Å². The van der Waals surface area contributed by atoms with Crippen molar-refractivity contribution < 1.29 is 8.42 Å². The van der Waals surface area contributed by atoms with Crippen LogP contribution in [0.1, 0.15) is 16.8 Å². The van der Waals surface area contributed by atoms with E-state index in [1.54, 1.807) is 31.6 Å². The second kappa shape index (κ2) is 6.33. The number of hydrogen-bond donors (Lipinski definition) is 3. The molecule has 2 rings (SSSR count). The molecular weight excluding hydrogens is 308 g/mol. The zero-order valence-electron chi connectivity index (χ0n) is 11.5. The van der Waals surface area contributed by atoms with Crippen molar-refractivity contribution in [2.45, 2.75) is 18.2 Å². The minimum Gasteiger partial charge on any atom is -0.389 e. The Morgan fingerprint density at radius 3 is 2.81 bits per heavy atom. The molecule has 1 aromatic carbocycles. The van der Waals surface area contributed by atoms with E-state index in [1.807, 2.05) is 0 Å². The van der Waals surface area contributed by atoms with E-state index in [0.717, 1.165) is 11.3 Å². The molecule has 0 aliphatic rings. The summed E-state index contributed by atoms with van der Waals surface area (Å²) >= 11 is 4.91. The third-order valence-electron chi connectivity index (χ3n) is 3.01. The highest BCUT2D eigenvalue weighted by molar-refractivity contribution is 7.89. The second-order valence-corrected chi connectivity index (χ2v) is 6.77. The van der Waals surface area contributed by atoms with Gasteiger partial charge in [0.1, 0.15) is 4.99 Å². The van der Waals surface area contributed by atoms with Gasteiger partial charge in [-0.15, -0.1) is 0 Å². The molecule has 0 amide bonds. The highest BCUT2D eigenvalue weighted by Gasteiger charge is 2.15. The number of benzene rings is 1. The number of rotatable bonds is 6. The number of aryl methyl sites for hydroxylation is 1. The van der Waals surface area contributed by atoms with Crippen LogP contribution in [0.3, 0.4) is 0 Å². The Morgan fingerprint density at radius 1 is 1.48 bits per heavy atom. The van der Waals surface area contributed by atoms with E-state index in [9.17, 15) is 8.42 Å². The van der Waals surface area contributed by atoms with Crippen LogP contribution in [0.4, 0.5) is 0 Å².